The Bertz CT molecular complexity index is 392. The van der Waals surface area contributed by atoms with Crippen molar-refractivity contribution in [3.05, 3.63) is 23.8 Å². The van der Waals surface area contributed by atoms with Crippen molar-refractivity contribution in [1.82, 2.24) is 0 Å². The van der Waals surface area contributed by atoms with Gasteiger partial charge in [-0.05, 0) is 41.9 Å². The van der Waals surface area contributed by atoms with Gasteiger partial charge >= 0.3 is 0 Å². The summed E-state index contributed by atoms with van der Waals surface area (Å²) in [5.74, 6) is 2.51. The average Bonchev–Trinajstić information content (AvgIpc) is 2.91. The maximum absolute atomic E-state index is 5.42. The Balaban J connectivity index is 0.000000963. The third kappa shape index (κ3) is 1.48. The van der Waals surface area contributed by atoms with E-state index in [0.717, 1.165) is 11.5 Å². The minimum Gasteiger partial charge on any atom is -0.454 e. The van der Waals surface area contributed by atoms with E-state index in [1.807, 2.05) is 6.07 Å². The van der Waals surface area contributed by atoms with E-state index in [-0.39, 0.29) is 7.43 Å². The lowest BCUT2D eigenvalue weighted by Gasteiger charge is -2.20. The molecule has 0 spiro atoms. The lowest BCUT2D eigenvalue weighted by atomic mass is 9.85. The van der Waals surface area contributed by atoms with Crippen LogP contribution in [0.1, 0.15) is 39.7 Å². The summed E-state index contributed by atoms with van der Waals surface area (Å²) in [6, 6.07) is 6.40. The SMILES string of the molecule is C.CC(C)C1(c2ccc3c(c2)OCO3)CC1. The van der Waals surface area contributed by atoms with Crippen LogP contribution in [0.2, 0.25) is 0 Å². The van der Waals surface area contributed by atoms with E-state index in [0.29, 0.717) is 18.1 Å². The topological polar surface area (TPSA) is 18.5 Å². The van der Waals surface area contributed by atoms with Crippen LogP contribution in [0, 0.1) is 5.92 Å². The molecule has 1 heterocycles. The molecule has 1 aliphatic carbocycles. The Labute approximate surface area is 97.6 Å². The number of hydrogen-bond acceptors (Lipinski definition) is 2. The van der Waals surface area contributed by atoms with Crippen molar-refractivity contribution in [1.29, 1.82) is 0 Å². The van der Waals surface area contributed by atoms with Gasteiger partial charge in [0.2, 0.25) is 6.79 Å². The summed E-state index contributed by atoms with van der Waals surface area (Å²) in [6.07, 6.45) is 2.62. The fraction of sp³-hybridized carbons (Fsp3) is 0.571. The van der Waals surface area contributed by atoms with E-state index < -0.39 is 0 Å². The Morgan fingerprint density at radius 1 is 1.12 bits per heavy atom. The molecule has 1 aliphatic heterocycles. The van der Waals surface area contributed by atoms with Crippen LogP contribution in [0.3, 0.4) is 0 Å². The van der Waals surface area contributed by atoms with E-state index in [4.69, 9.17) is 9.47 Å². The predicted molar refractivity (Wildman–Crippen MR) is 65.0 cm³/mol. The second-order valence-corrected chi connectivity index (χ2v) is 4.88. The molecule has 0 amide bonds. The van der Waals surface area contributed by atoms with Crippen LogP contribution in [0.25, 0.3) is 0 Å². The van der Waals surface area contributed by atoms with Crippen molar-refractivity contribution in [2.45, 2.75) is 39.5 Å². The molecule has 0 aromatic heterocycles. The smallest absolute Gasteiger partial charge is 0.231 e. The molecule has 88 valence electrons. The van der Waals surface area contributed by atoms with Gasteiger partial charge in [0.25, 0.3) is 0 Å². The highest BCUT2D eigenvalue weighted by molar-refractivity contribution is 5.48. The van der Waals surface area contributed by atoms with E-state index in [1.54, 1.807) is 0 Å². The second-order valence-electron chi connectivity index (χ2n) is 4.88. The zero-order chi connectivity index (χ0) is 10.5. The molecule has 1 saturated carbocycles. The largest absolute Gasteiger partial charge is 0.454 e. The van der Waals surface area contributed by atoms with Crippen LogP contribution in [0.5, 0.6) is 11.5 Å². The maximum Gasteiger partial charge on any atom is 0.231 e. The van der Waals surface area contributed by atoms with Gasteiger partial charge in [-0.2, -0.15) is 0 Å². The molecule has 0 unspecified atom stereocenters. The Kier molecular flexibility index (Phi) is 2.61. The molecule has 1 fully saturated rings. The van der Waals surface area contributed by atoms with Crippen LogP contribution in [-0.2, 0) is 5.41 Å². The third-order valence-corrected chi connectivity index (χ3v) is 3.84. The monoisotopic (exact) mass is 220 g/mol. The molecule has 0 atom stereocenters. The van der Waals surface area contributed by atoms with E-state index in [2.05, 4.69) is 26.0 Å². The summed E-state index contributed by atoms with van der Waals surface area (Å²) in [7, 11) is 0. The highest BCUT2D eigenvalue weighted by Gasteiger charge is 2.47. The van der Waals surface area contributed by atoms with E-state index >= 15 is 0 Å². The fourth-order valence-electron chi connectivity index (χ4n) is 2.54. The van der Waals surface area contributed by atoms with Gasteiger partial charge in [0.15, 0.2) is 11.5 Å². The Morgan fingerprint density at radius 2 is 1.81 bits per heavy atom. The molecule has 2 nitrogen and oxygen atoms in total. The molecule has 2 aliphatic rings. The van der Waals surface area contributed by atoms with Gasteiger partial charge in [0, 0.05) is 0 Å². The lowest BCUT2D eigenvalue weighted by molar-refractivity contribution is 0.174. The summed E-state index contributed by atoms with van der Waals surface area (Å²) in [6.45, 7) is 4.97. The van der Waals surface area contributed by atoms with Gasteiger partial charge in [-0.1, -0.05) is 27.3 Å². The first-order valence-corrected chi connectivity index (χ1v) is 5.62. The normalized spacial score (nSPS) is 19.4. The molecule has 16 heavy (non-hydrogen) atoms. The number of benzene rings is 1. The van der Waals surface area contributed by atoms with Crippen molar-refractivity contribution in [2.75, 3.05) is 6.79 Å². The molecule has 0 N–H and O–H groups in total. The van der Waals surface area contributed by atoms with Crippen LogP contribution in [0.15, 0.2) is 18.2 Å². The van der Waals surface area contributed by atoms with Crippen molar-refractivity contribution < 1.29 is 9.47 Å². The lowest BCUT2D eigenvalue weighted by Crippen LogP contribution is -2.14. The van der Waals surface area contributed by atoms with E-state index in [1.165, 1.54) is 18.4 Å². The second kappa shape index (κ2) is 3.69. The van der Waals surface area contributed by atoms with Gasteiger partial charge in [-0.3, -0.25) is 0 Å². The molecule has 2 heteroatoms. The number of rotatable bonds is 2. The molecule has 1 aromatic carbocycles. The highest BCUT2D eigenvalue weighted by Crippen LogP contribution is 2.55. The average molecular weight is 220 g/mol. The zero-order valence-electron chi connectivity index (χ0n) is 9.25. The third-order valence-electron chi connectivity index (χ3n) is 3.84. The van der Waals surface area contributed by atoms with Crippen molar-refractivity contribution >= 4 is 0 Å². The minimum atomic E-state index is 0. The quantitative estimate of drug-likeness (QED) is 0.756. The number of fused-ring (bicyclic) bond motifs is 1. The Morgan fingerprint density at radius 3 is 2.44 bits per heavy atom. The summed E-state index contributed by atoms with van der Waals surface area (Å²) in [4.78, 5) is 0. The summed E-state index contributed by atoms with van der Waals surface area (Å²) < 4.78 is 10.7. The standard InChI is InChI=1S/C13H16O2.CH4/c1-9(2)13(5-6-13)10-3-4-11-12(7-10)15-8-14-11;/h3-4,7,9H,5-6,8H2,1-2H3;1H4. The summed E-state index contributed by atoms with van der Waals surface area (Å²) in [5.41, 5.74) is 1.84. The van der Waals surface area contributed by atoms with Gasteiger partial charge < -0.3 is 9.47 Å². The molecule has 1 aromatic rings. The highest BCUT2D eigenvalue weighted by atomic mass is 16.7. The molecular weight excluding hydrogens is 200 g/mol. The van der Waals surface area contributed by atoms with Crippen molar-refractivity contribution in [3.8, 4) is 11.5 Å². The van der Waals surface area contributed by atoms with Crippen LogP contribution < -0.4 is 9.47 Å². The van der Waals surface area contributed by atoms with Crippen LogP contribution in [0.4, 0.5) is 0 Å². The number of hydrogen-bond donors (Lipinski definition) is 0. The minimum absolute atomic E-state index is 0. The summed E-state index contributed by atoms with van der Waals surface area (Å²) in [5, 5.41) is 0. The van der Waals surface area contributed by atoms with Gasteiger partial charge in [0.1, 0.15) is 0 Å². The van der Waals surface area contributed by atoms with E-state index in [9.17, 15) is 0 Å². The molecule has 0 radical (unpaired) electrons. The molecule has 0 saturated heterocycles. The molecule has 3 rings (SSSR count). The van der Waals surface area contributed by atoms with Crippen LogP contribution in [-0.4, -0.2) is 6.79 Å². The van der Waals surface area contributed by atoms with Crippen molar-refractivity contribution in [2.24, 2.45) is 5.92 Å². The van der Waals surface area contributed by atoms with Crippen molar-refractivity contribution in [3.63, 3.8) is 0 Å². The van der Waals surface area contributed by atoms with Gasteiger partial charge in [0.05, 0.1) is 0 Å². The predicted octanol–water partition coefficient (Wildman–Crippen LogP) is 3.74. The first-order chi connectivity index (χ1) is 7.22. The maximum atomic E-state index is 5.42. The first kappa shape index (κ1) is 11.3. The zero-order valence-corrected chi connectivity index (χ0v) is 9.25. The van der Waals surface area contributed by atoms with Crippen LogP contribution >= 0.6 is 0 Å². The molecular formula is C14H20O2. The van der Waals surface area contributed by atoms with Gasteiger partial charge in [-0.15, -0.1) is 0 Å². The Hall–Kier alpha value is -1.18. The first-order valence-electron chi connectivity index (χ1n) is 5.62. The number of ether oxygens (including phenoxy) is 2. The van der Waals surface area contributed by atoms with Gasteiger partial charge in [-0.25, -0.2) is 0 Å². The molecule has 0 bridgehead atoms. The summed E-state index contributed by atoms with van der Waals surface area (Å²) >= 11 is 0. The fourth-order valence-corrected chi connectivity index (χ4v) is 2.54.